The van der Waals surface area contributed by atoms with E-state index in [1.165, 1.54) is 82.1 Å². The highest BCUT2D eigenvalue weighted by atomic mass is 15.1. The second-order valence-electron chi connectivity index (χ2n) is 12.1. The fourth-order valence-electron chi connectivity index (χ4n) is 8.04. The zero-order chi connectivity index (χ0) is 23.4. The van der Waals surface area contributed by atoms with Crippen LogP contribution >= 0.6 is 0 Å². The van der Waals surface area contributed by atoms with Crippen LogP contribution in [0.2, 0.25) is 0 Å². The van der Waals surface area contributed by atoms with Gasteiger partial charge in [0.25, 0.3) is 0 Å². The van der Waals surface area contributed by atoms with Gasteiger partial charge in [0.05, 0.1) is 5.69 Å². The van der Waals surface area contributed by atoms with Crippen LogP contribution in [-0.4, -0.2) is 24.2 Å². The maximum absolute atomic E-state index is 5.00. The van der Waals surface area contributed by atoms with Gasteiger partial charge in [-0.2, -0.15) is 0 Å². The number of rotatable bonds is 3. The summed E-state index contributed by atoms with van der Waals surface area (Å²) >= 11 is 0. The molecule has 0 bridgehead atoms. The summed E-state index contributed by atoms with van der Waals surface area (Å²) in [5, 5.41) is 0. The number of aryl methyl sites for hydroxylation is 1. The first-order valence-electron chi connectivity index (χ1n) is 14.4. The molecular formula is C33H40N2. The van der Waals surface area contributed by atoms with Crippen LogP contribution in [0.3, 0.4) is 0 Å². The lowest BCUT2D eigenvalue weighted by Crippen LogP contribution is -2.37. The lowest BCUT2D eigenvalue weighted by atomic mass is 9.70. The average molecular weight is 465 g/mol. The molecule has 4 aliphatic carbocycles. The third-order valence-corrected chi connectivity index (χ3v) is 10.1. The molecule has 0 aromatic heterocycles. The van der Waals surface area contributed by atoms with E-state index in [4.69, 9.17) is 4.99 Å². The van der Waals surface area contributed by atoms with Crippen molar-refractivity contribution >= 4 is 11.9 Å². The molecule has 2 aliphatic heterocycles. The van der Waals surface area contributed by atoms with Gasteiger partial charge in [0, 0.05) is 30.9 Å². The molecule has 1 aromatic carbocycles. The van der Waals surface area contributed by atoms with E-state index >= 15 is 0 Å². The highest BCUT2D eigenvalue weighted by Crippen LogP contribution is 2.56. The van der Waals surface area contributed by atoms with E-state index in [1.54, 1.807) is 28.0 Å². The Labute approximate surface area is 211 Å². The molecule has 2 atom stereocenters. The zero-order valence-corrected chi connectivity index (χ0v) is 21.4. The number of aliphatic imine (C=N–C) groups is 1. The van der Waals surface area contributed by atoms with E-state index in [1.807, 2.05) is 0 Å². The number of likely N-dealkylation sites (tertiary alicyclic amines) is 1. The minimum atomic E-state index is 0.724. The van der Waals surface area contributed by atoms with Crippen LogP contribution < -0.4 is 0 Å². The molecule has 2 heterocycles. The van der Waals surface area contributed by atoms with Gasteiger partial charge < -0.3 is 4.90 Å². The quantitative estimate of drug-likeness (QED) is 0.439. The number of allylic oxidation sites excluding steroid dienone is 7. The number of piperidine rings is 1. The molecule has 1 aromatic rings. The van der Waals surface area contributed by atoms with Gasteiger partial charge >= 0.3 is 0 Å². The molecule has 2 heteroatoms. The standard InChI is InChI=1S/C33H40N2/c1-22-10-15-29(33-32(22)30-20-27(30)21-34-33)26-13-11-23(12-14-26)24-16-18-35(19-17-24)31-9-5-7-25-6-3-2-4-8-28(25)31/h2-4,6,9-10,15,21,23-24,26-27,30H,5,7-8,11-14,16-20H2,1H3. The summed E-state index contributed by atoms with van der Waals surface area (Å²) < 4.78 is 0. The summed E-state index contributed by atoms with van der Waals surface area (Å²) in [6.45, 7) is 4.80. The SMILES string of the molecule is Cc1ccc(C2CCC(C3CCN(C4=CCCC5=C4CC=CC=C5)CC3)CC2)c2c1C1CC1C=N2. The fraction of sp³-hybridized carbons (Fsp3) is 0.545. The summed E-state index contributed by atoms with van der Waals surface area (Å²) in [6.07, 6.45) is 27.1. The minimum absolute atomic E-state index is 0.724. The number of hydrogen-bond acceptors (Lipinski definition) is 2. The Kier molecular flexibility index (Phi) is 5.60. The van der Waals surface area contributed by atoms with Crippen LogP contribution in [0.15, 0.2) is 64.3 Å². The molecule has 2 unspecified atom stereocenters. The maximum atomic E-state index is 5.00. The molecule has 0 N–H and O–H groups in total. The van der Waals surface area contributed by atoms with E-state index in [0.717, 1.165) is 36.0 Å². The highest BCUT2D eigenvalue weighted by molar-refractivity contribution is 5.79. The third-order valence-electron chi connectivity index (χ3n) is 10.1. The fourth-order valence-corrected chi connectivity index (χ4v) is 8.04. The third kappa shape index (κ3) is 3.98. The van der Waals surface area contributed by atoms with E-state index in [9.17, 15) is 0 Å². The predicted molar refractivity (Wildman–Crippen MR) is 146 cm³/mol. The Morgan fingerprint density at radius 2 is 1.77 bits per heavy atom. The molecule has 6 aliphatic rings. The van der Waals surface area contributed by atoms with Gasteiger partial charge in [-0.25, -0.2) is 0 Å². The van der Waals surface area contributed by atoms with E-state index < -0.39 is 0 Å². The largest absolute Gasteiger partial charge is 0.372 e. The first-order valence-corrected chi connectivity index (χ1v) is 14.4. The van der Waals surface area contributed by atoms with Gasteiger partial charge in [0.1, 0.15) is 0 Å². The first-order chi connectivity index (χ1) is 17.3. The Balaban J connectivity index is 0.982. The molecule has 2 saturated carbocycles. The second-order valence-corrected chi connectivity index (χ2v) is 12.1. The normalized spacial score (nSPS) is 32.0. The Hall–Kier alpha value is -2.35. The summed E-state index contributed by atoms with van der Waals surface area (Å²) in [7, 11) is 0. The Bertz CT molecular complexity index is 1150. The van der Waals surface area contributed by atoms with Crippen LogP contribution in [0.1, 0.15) is 92.7 Å². The van der Waals surface area contributed by atoms with E-state index in [2.05, 4.69) is 60.6 Å². The number of fused-ring (bicyclic) bond motifs is 3. The lowest BCUT2D eigenvalue weighted by Gasteiger charge is -2.42. The molecule has 3 fully saturated rings. The van der Waals surface area contributed by atoms with Gasteiger partial charge in [-0.1, -0.05) is 42.5 Å². The molecule has 182 valence electrons. The van der Waals surface area contributed by atoms with Crippen molar-refractivity contribution < 1.29 is 0 Å². The molecule has 35 heavy (non-hydrogen) atoms. The molecule has 2 nitrogen and oxygen atoms in total. The molecule has 7 rings (SSSR count). The van der Waals surface area contributed by atoms with E-state index in [-0.39, 0.29) is 0 Å². The topological polar surface area (TPSA) is 15.6 Å². The van der Waals surface area contributed by atoms with Gasteiger partial charge in [0.2, 0.25) is 0 Å². The summed E-state index contributed by atoms with van der Waals surface area (Å²) in [5.74, 6) is 4.10. The van der Waals surface area contributed by atoms with Crippen molar-refractivity contribution in [2.24, 2.45) is 22.7 Å². The second kappa shape index (κ2) is 8.95. The van der Waals surface area contributed by atoms with Crippen molar-refractivity contribution in [3.05, 3.63) is 76.0 Å². The van der Waals surface area contributed by atoms with Crippen LogP contribution in [0.5, 0.6) is 0 Å². The Morgan fingerprint density at radius 1 is 0.943 bits per heavy atom. The molecular weight excluding hydrogens is 424 g/mol. The first kappa shape index (κ1) is 21.9. The van der Waals surface area contributed by atoms with Crippen molar-refractivity contribution in [1.29, 1.82) is 0 Å². The lowest BCUT2D eigenvalue weighted by molar-refractivity contribution is 0.144. The zero-order valence-electron chi connectivity index (χ0n) is 21.4. The van der Waals surface area contributed by atoms with Gasteiger partial charge in [0.15, 0.2) is 0 Å². The van der Waals surface area contributed by atoms with Gasteiger partial charge in [-0.15, -0.1) is 0 Å². The van der Waals surface area contributed by atoms with Crippen molar-refractivity contribution in [3.63, 3.8) is 0 Å². The van der Waals surface area contributed by atoms with E-state index in [0.29, 0.717) is 0 Å². The van der Waals surface area contributed by atoms with Crippen molar-refractivity contribution in [1.82, 2.24) is 4.90 Å². The maximum Gasteiger partial charge on any atom is 0.0698 e. The smallest absolute Gasteiger partial charge is 0.0698 e. The molecule has 0 radical (unpaired) electrons. The summed E-state index contributed by atoms with van der Waals surface area (Å²) in [5.41, 5.74) is 10.8. The van der Waals surface area contributed by atoms with Crippen LogP contribution in [0, 0.1) is 24.7 Å². The van der Waals surface area contributed by atoms with Crippen LogP contribution in [0.4, 0.5) is 5.69 Å². The number of hydrogen-bond donors (Lipinski definition) is 0. The minimum Gasteiger partial charge on any atom is -0.372 e. The van der Waals surface area contributed by atoms with Gasteiger partial charge in [-0.05, 0) is 123 Å². The summed E-state index contributed by atoms with van der Waals surface area (Å²) in [6, 6.07) is 4.82. The van der Waals surface area contributed by atoms with Crippen LogP contribution in [0.25, 0.3) is 0 Å². The summed E-state index contributed by atoms with van der Waals surface area (Å²) in [4.78, 5) is 7.73. The van der Waals surface area contributed by atoms with Crippen molar-refractivity contribution in [3.8, 4) is 0 Å². The molecule has 0 spiro atoms. The molecule has 0 amide bonds. The van der Waals surface area contributed by atoms with Crippen molar-refractivity contribution in [2.45, 2.75) is 83.0 Å². The monoisotopic (exact) mass is 464 g/mol. The van der Waals surface area contributed by atoms with Crippen LogP contribution in [-0.2, 0) is 0 Å². The number of nitrogens with zero attached hydrogens (tertiary/aromatic N) is 2. The Morgan fingerprint density at radius 3 is 2.63 bits per heavy atom. The molecule has 1 saturated heterocycles. The average Bonchev–Trinajstić information content (AvgIpc) is 3.72. The number of benzene rings is 1. The highest BCUT2D eigenvalue weighted by Gasteiger charge is 2.43. The van der Waals surface area contributed by atoms with Crippen molar-refractivity contribution in [2.75, 3.05) is 13.1 Å². The van der Waals surface area contributed by atoms with Gasteiger partial charge in [-0.3, -0.25) is 4.99 Å². The predicted octanol–water partition coefficient (Wildman–Crippen LogP) is 8.29.